The molecule has 0 aliphatic heterocycles. The first-order valence-electron chi connectivity index (χ1n) is 14.6. The van der Waals surface area contributed by atoms with Crippen LogP contribution in [0.2, 0.25) is 5.02 Å². The number of hydrogen-bond acceptors (Lipinski definition) is 5. The molecule has 4 rings (SSSR count). The van der Waals surface area contributed by atoms with Gasteiger partial charge >= 0.3 is 0 Å². The van der Waals surface area contributed by atoms with E-state index in [0.29, 0.717) is 22.9 Å². The van der Waals surface area contributed by atoms with Gasteiger partial charge in [0.25, 0.3) is 10.0 Å². The molecule has 10 heteroatoms. The van der Waals surface area contributed by atoms with Gasteiger partial charge in [-0.25, -0.2) is 8.42 Å². The van der Waals surface area contributed by atoms with Crippen LogP contribution >= 0.6 is 11.6 Å². The molecule has 0 saturated heterocycles. The lowest BCUT2D eigenvalue weighted by Crippen LogP contribution is -2.53. The summed E-state index contributed by atoms with van der Waals surface area (Å²) in [5.74, 6) is -0.105. The van der Waals surface area contributed by atoms with Gasteiger partial charge in [0.15, 0.2) is 0 Å². The Bertz CT molecular complexity index is 1540. The summed E-state index contributed by atoms with van der Waals surface area (Å²) in [6.07, 6.45) is 4.29. The number of nitrogens with zero attached hydrogens (tertiary/aromatic N) is 2. The van der Waals surface area contributed by atoms with Gasteiger partial charge in [-0.15, -0.1) is 0 Å². The molecule has 0 radical (unpaired) electrons. The molecule has 1 fully saturated rings. The second-order valence-electron chi connectivity index (χ2n) is 11.0. The van der Waals surface area contributed by atoms with Gasteiger partial charge in [0.1, 0.15) is 18.3 Å². The number of rotatable bonds is 12. The highest BCUT2D eigenvalue weighted by Crippen LogP contribution is 2.28. The topological polar surface area (TPSA) is 96.0 Å². The quantitative estimate of drug-likeness (QED) is 0.265. The number of halogens is 1. The minimum absolute atomic E-state index is 0.00768. The van der Waals surface area contributed by atoms with Crippen LogP contribution in [-0.4, -0.2) is 50.9 Å². The molecular formula is C33H40ClN3O5S. The van der Waals surface area contributed by atoms with E-state index in [9.17, 15) is 18.0 Å². The Balaban J connectivity index is 1.74. The van der Waals surface area contributed by atoms with Gasteiger partial charge in [0, 0.05) is 17.6 Å². The summed E-state index contributed by atoms with van der Waals surface area (Å²) in [4.78, 5) is 29.4. The van der Waals surface area contributed by atoms with Crippen molar-refractivity contribution in [2.75, 3.05) is 18.0 Å². The lowest BCUT2D eigenvalue weighted by molar-refractivity contribution is -0.140. The van der Waals surface area contributed by atoms with Crippen molar-refractivity contribution >= 4 is 39.1 Å². The SMILES string of the molecule is CC[C@H](C(=O)NC1CCCC1)N(Cc1cccc(OC)c1)C(=O)CN(c1ccc(C)c(C)c1)S(=O)(=O)c1ccc(Cl)cc1. The first kappa shape index (κ1) is 32.4. The van der Waals surface area contributed by atoms with Gasteiger partial charge in [-0.05, 0) is 98.3 Å². The predicted octanol–water partition coefficient (Wildman–Crippen LogP) is 6.03. The molecule has 43 heavy (non-hydrogen) atoms. The van der Waals surface area contributed by atoms with Gasteiger partial charge < -0.3 is 15.0 Å². The van der Waals surface area contributed by atoms with Crippen LogP contribution in [0.5, 0.6) is 5.75 Å². The van der Waals surface area contributed by atoms with E-state index >= 15 is 0 Å². The molecule has 1 aliphatic carbocycles. The monoisotopic (exact) mass is 625 g/mol. The van der Waals surface area contributed by atoms with Crippen molar-refractivity contribution in [2.24, 2.45) is 0 Å². The normalized spacial score (nSPS) is 14.3. The molecule has 1 saturated carbocycles. The molecule has 1 N–H and O–H groups in total. The number of carbonyl (C=O) groups is 2. The number of sulfonamides is 1. The summed E-state index contributed by atoms with van der Waals surface area (Å²) in [6.45, 7) is 5.30. The Morgan fingerprint density at radius 1 is 1.00 bits per heavy atom. The maximum atomic E-state index is 14.3. The Hall–Kier alpha value is -3.56. The number of hydrogen-bond donors (Lipinski definition) is 1. The van der Waals surface area contributed by atoms with Gasteiger partial charge in [-0.1, -0.05) is 49.6 Å². The Morgan fingerprint density at radius 3 is 2.33 bits per heavy atom. The fourth-order valence-corrected chi connectivity index (χ4v) is 6.93. The summed E-state index contributed by atoms with van der Waals surface area (Å²) in [5.41, 5.74) is 3.00. The molecule has 0 bridgehead atoms. The average Bonchev–Trinajstić information content (AvgIpc) is 3.50. The van der Waals surface area contributed by atoms with Crippen molar-refractivity contribution in [1.29, 1.82) is 0 Å². The van der Waals surface area contributed by atoms with Crippen LogP contribution in [0.4, 0.5) is 5.69 Å². The van der Waals surface area contributed by atoms with Gasteiger partial charge in [-0.3, -0.25) is 13.9 Å². The highest BCUT2D eigenvalue weighted by molar-refractivity contribution is 7.92. The third kappa shape index (κ3) is 7.89. The minimum Gasteiger partial charge on any atom is -0.497 e. The highest BCUT2D eigenvalue weighted by Gasteiger charge is 2.34. The van der Waals surface area contributed by atoms with Gasteiger partial charge in [-0.2, -0.15) is 0 Å². The number of methoxy groups -OCH3 is 1. The van der Waals surface area contributed by atoms with Crippen LogP contribution in [-0.2, 0) is 26.2 Å². The first-order chi connectivity index (χ1) is 20.5. The van der Waals surface area contributed by atoms with Crippen molar-refractivity contribution in [3.8, 4) is 5.75 Å². The number of carbonyl (C=O) groups excluding carboxylic acids is 2. The number of amides is 2. The van der Waals surface area contributed by atoms with Crippen molar-refractivity contribution in [1.82, 2.24) is 10.2 Å². The molecule has 1 atom stereocenters. The minimum atomic E-state index is -4.18. The Labute approximate surface area is 260 Å². The van der Waals surface area contributed by atoms with Crippen LogP contribution in [0.15, 0.2) is 71.6 Å². The highest BCUT2D eigenvalue weighted by atomic mass is 35.5. The predicted molar refractivity (Wildman–Crippen MR) is 170 cm³/mol. The molecule has 3 aromatic carbocycles. The van der Waals surface area contributed by atoms with Gasteiger partial charge in [0.05, 0.1) is 17.7 Å². The third-order valence-corrected chi connectivity index (χ3v) is 10.1. The molecule has 3 aromatic rings. The van der Waals surface area contributed by atoms with Crippen LogP contribution in [0.25, 0.3) is 0 Å². The fraction of sp³-hybridized carbons (Fsp3) is 0.394. The summed E-state index contributed by atoms with van der Waals surface area (Å²) >= 11 is 6.05. The van der Waals surface area contributed by atoms with E-state index in [0.717, 1.165) is 46.7 Å². The molecular weight excluding hydrogens is 586 g/mol. The molecule has 0 unspecified atom stereocenters. The van der Waals surface area contributed by atoms with E-state index in [1.165, 1.54) is 29.2 Å². The van der Waals surface area contributed by atoms with E-state index in [1.807, 2.05) is 45.0 Å². The number of ether oxygens (including phenoxy) is 1. The van der Waals surface area contributed by atoms with Crippen molar-refractivity contribution in [3.63, 3.8) is 0 Å². The summed E-state index contributed by atoms with van der Waals surface area (Å²) in [7, 11) is -2.61. The summed E-state index contributed by atoms with van der Waals surface area (Å²) in [6, 6.07) is 17.7. The Kier molecular flexibility index (Phi) is 10.7. The molecule has 1 aliphatic rings. The van der Waals surface area contributed by atoms with E-state index in [1.54, 1.807) is 25.3 Å². The van der Waals surface area contributed by atoms with Crippen molar-refractivity contribution < 1.29 is 22.7 Å². The lowest BCUT2D eigenvalue weighted by atomic mass is 10.1. The number of benzene rings is 3. The molecule has 0 aromatic heterocycles. The molecule has 230 valence electrons. The molecule has 2 amide bonds. The van der Waals surface area contributed by atoms with E-state index in [4.69, 9.17) is 16.3 Å². The van der Waals surface area contributed by atoms with Crippen LogP contribution in [0.1, 0.15) is 55.7 Å². The largest absolute Gasteiger partial charge is 0.497 e. The van der Waals surface area contributed by atoms with E-state index < -0.39 is 28.5 Å². The number of anilines is 1. The van der Waals surface area contributed by atoms with Crippen LogP contribution in [0.3, 0.4) is 0 Å². The molecule has 0 spiro atoms. The second-order valence-corrected chi connectivity index (χ2v) is 13.3. The number of nitrogens with one attached hydrogen (secondary N) is 1. The zero-order valence-corrected chi connectivity index (χ0v) is 26.7. The Morgan fingerprint density at radius 2 is 1.70 bits per heavy atom. The zero-order chi connectivity index (χ0) is 31.1. The summed E-state index contributed by atoms with van der Waals surface area (Å²) < 4.78 is 34.6. The number of aryl methyl sites for hydroxylation is 2. The smallest absolute Gasteiger partial charge is 0.264 e. The second kappa shape index (κ2) is 14.3. The third-order valence-electron chi connectivity index (χ3n) is 8.03. The molecule has 0 heterocycles. The maximum absolute atomic E-state index is 14.3. The summed E-state index contributed by atoms with van der Waals surface area (Å²) in [5, 5.41) is 3.53. The first-order valence-corrected chi connectivity index (χ1v) is 16.4. The van der Waals surface area contributed by atoms with E-state index in [-0.39, 0.29) is 23.4 Å². The van der Waals surface area contributed by atoms with E-state index in [2.05, 4.69) is 5.32 Å². The average molecular weight is 626 g/mol. The lowest BCUT2D eigenvalue weighted by Gasteiger charge is -2.34. The van der Waals surface area contributed by atoms with Crippen molar-refractivity contribution in [3.05, 3.63) is 88.4 Å². The van der Waals surface area contributed by atoms with Crippen molar-refractivity contribution in [2.45, 2.75) is 76.4 Å². The van der Waals surface area contributed by atoms with Gasteiger partial charge in [0.2, 0.25) is 11.8 Å². The van der Waals surface area contributed by atoms with Crippen LogP contribution in [0, 0.1) is 13.8 Å². The zero-order valence-electron chi connectivity index (χ0n) is 25.2. The van der Waals surface area contributed by atoms with Crippen LogP contribution < -0.4 is 14.4 Å². The maximum Gasteiger partial charge on any atom is 0.264 e. The fourth-order valence-electron chi connectivity index (χ4n) is 5.40. The standard InChI is InChI=1S/C33H40ClN3O5S/c1-5-31(33(39)35-27-10-6-7-11-27)36(21-25-9-8-12-29(20-25)42-4)32(38)22-37(28-16-13-23(2)24(3)19-28)43(40,41)30-17-14-26(34)15-18-30/h8-9,12-20,27,31H,5-7,10-11,21-22H2,1-4H3,(H,35,39)/t31-/m1/s1. The molecule has 8 nitrogen and oxygen atoms in total.